The molecule has 118 valence electrons. The van der Waals surface area contributed by atoms with E-state index in [1.54, 1.807) is 12.1 Å². The summed E-state index contributed by atoms with van der Waals surface area (Å²) in [4.78, 5) is 3.77. The predicted octanol–water partition coefficient (Wildman–Crippen LogP) is 4.61. The molecule has 0 unspecified atom stereocenters. The zero-order chi connectivity index (χ0) is 17.2. The van der Waals surface area contributed by atoms with Crippen molar-refractivity contribution in [1.82, 2.24) is 0 Å². The van der Waals surface area contributed by atoms with E-state index in [0.717, 1.165) is 5.56 Å². The summed E-state index contributed by atoms with van der Waals surface area (Å²) < 4.78 is 44.9. The number of hydrogen-bond acceptors (Lipinski definition) is 2. The van der Waals surface area contributed by atoms with Gasteiger partial charge < -0.3 is 4.65 Å². The fourth-order valence-electron chi connectivity index (χ4n) is 2.02. The second-order valence-corrected chi connectivity index (χ2v) is 6.10. The Labute approximate surface area is 134 Å². The molecule has 0 aliphatic rings. The van der Waals surface area contributed by atoms with Gasteiger partial charge in [0, 0.05) is 23.9 Å². The van der Waals surface area contributed by atoms with Gasteiger partial charge in [0.15, 0.2) is 11.6 Å². The van der Waals surface area contributed by atoms with Crippen molar-refractivity contribution < 1.29 is 17.8 Å². The molecule has 0 N–H and O–H groups in total. The largest absolute Gasteiger partial charge is 0.567 e. The lowest BCUT2D eigenvalue weighted by molar-refractivity contribution is 0.546. The molecule has 0 aliphatic heterocycles. The third kappa shape index (κ3) is 3.94. The molecule has 0 amide bonds. The molecule has 23 heavy (non-hydrogen) atoms. The second-order valence-electron chi connectivity index (χ2n) is 6.10. The van der Waals surface area contributed by atoms with Gasteiger partial charge in [0.2, 0.25) is 0 Å². The highest BCUT2D eigenvalue weighted by Crippen LogP contribution is 2.28. The van der Waals surface area contributed by atoms with E-state index in [1.807, 2.05) is 26.8 Å². The summed E-state index contributed by atoms with van der Waals surface area (Å²) in [6, 6.07) is 6.41. The van der Waals surface area contributed by atoms with Gasteiger partial charge in [-0.2, -0.15) is 0 Å². The lowest BCUT2D eigenvalue weighted by Crippen LogP contribution is -2.11. The van der Waals surface area contributed by atoms with Crippen molar-refractivity contribution in [2.45, 2.75) is 26.2 Å². The van der Waals surface area contributed by atoms with E-state index < -0.39 is 23.1 Å². The van der Waals surface area contributed by atoms with Crippen LogP contribution in [0, 0.1) is 17.5 Å². The maximum Gasteiger partial charge on any atom is 0.374 e. The zero-order valence-electron chi connectivity index (χ0n) is 13.0. The number of halogens is 3. The van der Waals surface area contributed by atoms with Crippen LogP contribution < -0.4 is 4.65 Å². The van der Waals surface area contributed by atoms with E-state index in [4.69, 9.17) is 12.7 Å². The standard InChI is InChI=1S/C17H15BF3NO/c1-17(2,3)11-4-5-15(23-18)10(6-11)9-22-16-13(20)7-12(19)8-14(16)21/h4-9H,1-3H3. The van der Waals surface area contributed by atoms with E-state index in [1.165, 1.54) is 6.21 Å². The summed E-state index contributed by atoms with van der Waals surface area (Å²) >= 11 is 0. The molecular weight excluding hydrogens is 302 g/mol. The minimum Gasteiger partial charge on any atom is -0.567 e. The Bertz CT molecular complexity index is 731. The Balaban J connectivity index is 2.47. The van der Waals surface area contributed by atoms with Crippen LogP contribution in [0.1, 0.15) is 31.9 Å². The predicted molar refractivity (Wildman–Crippen MR) is 85.1 cm³/mol. The highest BCUT2D eigenvalue weighted by atomic mass is 19.1. The van der Waals surface area contributed by atoms with Crippen molar-refractivity contribution in [3.8, 4) is 5.75 Å². The molecule has 2 aromatic carbocycles. The number of benzene rings is 2. The van der Waals surface area contributed by atoms with Crippen LogP contribution in [-0.2, 0) is 5.41 Å². The molecule has 2 radical (unpaired) electrons. The summed E-state index contributed by atoms with van der Waals surface area (Å²) in [7, 11) is 5.20. The normalized spacial score (nSPS) is 11.9. The maximum absolute atomic E-state index is 13.6. The molecular formula is C17H15BF3NO. The zero-order valence-corrected chi connectivity index (χ0v) is 13.0. The van der Waals surface area contributed by atoms with E-state index in [2.05, 4.69) is 4.99 Å². The molecule has 0 saturated carbocycles. The molecule has 0 saturated heterocycles. The van der Waals surface area contributed by atoms with Crippen LogP contribution in [0.4, 0.5) is 18.9 Å². The average Bonchev–Trinajstić information content (AvgIpc) is 2.44. The fraction of sp³-hybridized carbons (Fsp3) is 0.235. The molecule has 2 rings (SSSR count). The molecule has 0 heterocycles. The molecule has 2 nitrogen and oxygen atoms in total. The molecule has 6 heteroatoms. The Morgan fingerprint density at radius 3 is 2.17 bits per heavy atom. The van der Waals surface area contributed by atoms with Crippen molar-refractivity contribution >= 4 is 20.0 Å². The van der Waals surface area contributed by atoms with Crippen molar-refractivity contribution in [1.29, 1.82) is 0 Å². The topological polar surface area (TPSA) is 21.6 Å². The SMILES string of the molecule is [B]Oc1ccc(C(C)(C)C)cc1C=Nc1c(F)cc(F)cc1F. The first-order valence-corrected chi connectivity index (χ1v) is 6.92. The molecule has 0 aliphatic carbocycles. The van der Waals surface area contributed by atoms with Crippen molar-refractivity contribution in [3.05, 3.63) is 58.9 Å². The molecule has 0 fully saturated rings. The Morgan fingerprint density at radius 2 is 1.65 bits per heavy atom. The minimum atomic E-state index is -1.08. The highest BCUT2D eigenvalue weighted by Gasteiger charge is 2.16. The van der Waals surface area contributed by atoms with Gasteiger partial charge in [-0.25, -0.2) is 18.2 Å². The van der Waals surface area contributed by atoms with Gasteiger partial charge in [0.1, 0.15) is 17.3 Å². The lowest BCUT2D eigenvalue weighted by Gasteiger charge is -2.20. The van der Waals surface area contributed by atoms with Crippen LogP contribution in [0.2, 0.25) is 0 Å². The third-order valence-electron chi connectivity index (χ3n) is 3.32. The molecule has 0 atom stereocenters. The van der Waals surface area contributed by atoms with E-state index in [9.17, 15) is 13.2 Å². The first-order chi connectivity index (χ1) is 10.7. The summed E-state index contributed by atoms with van der Waals surface area (Å²) in [5.41, 5.74) is 0.723. The van der Waals surface area contributed by atoms with Gasteiger partial charge in [-0.15, -0.1) is 0 Å². The Hall–Kier alpha value is -2.24. The van der Waals surface area contributed by atoms with E-state index in [-0.39, 0.29) is 5.41 Å². The van der Waals surface area contributed by atoms with Crippen molar-refractivity contribution in [3.63, 3.8) is 0 Å². The van der Waals surface area contributed by atoms with E-state index in [0.29, 0.717) is 23.4 Å². The van der Waals surface area contributed by atoms with Crippen LogP contribution in [0.5, 0.6) is 5.75 Å². The Morgan fingerprint density at radius 1 is 1.04 bits per heavy atom. The van der Waals surface area contributed by atoms with Crippen LogP contribution in [-0.4, -0.2) is 14.3 Å². The first-order valence-electron chi connectivity index (χ1n) is 6.92. The number of rotatable bonds is 3. The third-order valence-corrected chi connectivity index (χ3v) is 3.32. The average molecular weight is 317 g/mol. The first kappa shape index (κ1) is 17.1. The maximum atomic E-state index is 13.6. The van der Waals surface area contributed by atoms with Gasteiger partial charge in [-0.1, -0.05) is 26.8 Å². The van der Waals surface area contributed by atoms with Gasteiger partial charge in [-0.05, 0) is 23.1 Å². The molecule has 2 aromatic rings. The number of hydrogen-bond donors (Lipinski definition) is 0. The quantitative estimate of drug-likeness (QED) is 0.598. The summed E-state index contributed by atoms with van der Waals surface area (Å²) in [6.07, 6.45) is 1.23. The lowest BCUT2D eigenvalue weighted by atomic mass is 9.86. The monoisotopic (exact) mass is 317 g/mol. The van der Waals surface area contributed by atoms with Crippen LogP contribution in [0.25, 0.3) is 0 Å². The minimum absolute atomic E-state index is 0.137. The van der Waals surface area contributed by atoms with Crippen LogP contribution in [0.15, 0.2) is 35.3 Å². The van der Waals surface area contributed by atoms with Gasteiger partial charge in [0.05, 0.1) is 0 Å². The Kier molecular flexibility index (Phi) is 4.83. The van der Waals surface area contributed by atoms with Crippen LogP contribution >= 0.6 is 0 Å². The van der Waals surface area contributed by atoms with Gasteiger partial charge >= 0.3 is 8.05 Å². The molecule has 0 bridgehead atoms. The van der Waals surface area contributed by atoms with Crippen molar-refractivity contribution in [2.24, 2.45) is 4.99 Å². The van der Waals surface area contributed by atoms with Gasteiger partial charge in [0.25, 0.3) is 0 Å². The van der Waals surface area contributed by atoms with Gasteiger partial charge in [-0.3, -0.25) is 0 Å². The highest BCUT2D eigenvalue weighted by molar-refractivity contribution is 6.01. The molecule has 0 aromatic heterocycles. The summed E-state index contributed by atoms with van der Waals surface area (Å²) in [5, 5.41) is 0. The van der Waals surface area contributed by atoms with Crippen LogP contribution in [0.3, 0.4) is 0 Å². The summed E-state index contributed by atoms with van der Waals surface area (Å²) in [5.74, 6) is -2.86. The van der Waals surface area contributed by atoms with E-state index >= 15 is 0 Å². The van der Waals surface area contributed by atoms with Crippen molar-refractivity contribution in [2.75, 3.05) is 0 Å². The number of nitrogens with zero attached hydrogens (tertiary/aromatic N) is 1. The second kappa shape index (κ2) is 6.48. The molecule has 0 spiro atoms. The fourth-order valence-corrected chi connectivity index (χ4v) is 2.02. The smallest absolute Gasteiger partial charge is 0.374 e. The summed E-state index contributed by atoms with van der Waals surface area (Å²) in [6.45, 7) is 6.06. The number of aliphatic imine (C=N–C) groups is 1.